The summed E-state index contributed by atoms with van der Waals surface area (Å²) in [6.45, 7) is 0.530. The van der Waals surface area contributed by atoms with Gasteiger partial charge in [-0.1, -0.05) is 0 Å². The normalized spacial score (nSPS) is 15.8. The van der Waals surface area contributed by atoms with Crippen LogP contribution in [0.15, 0.2) is 15.9 Å². The molecule has 1 heterocycles. The summed E-state index contributed by atoms with van der Waals surface area (Å²) in [4.78, 5) is 25.9. The molecule has 3 N–H and O–H groups in total. The van der Waals surface area contributed by atoms with E-state index in [0.29, 0.717) is 17.3 Å². The lowest BCUT2D eigenvalue weighted by Gasteiger charge is -2.17. The van der Waals surface area contributed by atoms with Crippen molar-refractivity contribution in [2.24, 2.45) is 11.7 Å². The number of carbonyl (C=O) groups is 2. The van der Waals surface area contributed by atoms with Crippen molar-refractivity contribution in [2.75, 3.05) is 20.1 Å². The molecule has 1 saturated carbocycles. The van der Waals surface area contributed by atoms with Gasteiger partial charge in [0.05, 0.1) is 15.2 Å². The van der Waals surface area contributed by atoms with Crippen molar-refractivity contribution in [2.45, 2.75) is 18.9 Å². The molecule has 1 atom stereocenters. The summed E-state index contributed by atoms with van der Waals surface area (Å²) in [7, 11) is 1.62. The standard InChI is InChI=1S/C13H18BrN3O2S/c1-17(13(19)10-4-5-11(14)20-10)7-12(18)16-6-9(15)8-2-3-8/h4-5,8-9H,2-3,6-7,15H2,1H3,(H,16,18). The Balaban J connectivity index is 1.76. The second-order valence-electron chi connectivity index (χ2n) is 5.07. The minimum atomic E-state index is -0.174. The molecule has 5 nitrogen and oxygen atoms in total. The fraction of sp³-hybridized carbons (Fsp3) is 0.538. The molecule has 0 aromatic carbocycles. The lowest BCUT2D eigenvalue weighted by Crippen LogP contribution is -2.43. The summed E-state index contributed by atoms with van der Waals surface area (Å²) in [5, 5.41) is 2.78. The predicted molar refractivity (Wildman–Crippen MR) is 82.7 cm³/mol. The highest BCUT2D eigenvalue weighted by atomic mass is 79.9. The summed E-state index contributed by atoms with van der Waals surface area (Å²) in [6.07, 6.45) is 2.31. The first-order valence-electron chi connectivity index (χ1n) is 6.50. The molecule has 1 fully saturated rings. The maximum Gasteiger partial charge on any atom is 0.264 e. The Morgan fingerprint density at radius 1 is 1.55 bits per heavy atom. The van der Waals surface area contributed by atoms with Crippen LogP contribution in [0, 0.1) is 5.92 Å². The van der Waals surface area contributed by atoms with Gasteiger partial charge in [0.25, 0.3) is 5.91 Å². The van der Waals surface area contributed by atoms with Crippen LogP contribution < -0.4 is 11.1 Å². The van der Waals surface area contributed by atoms with Crippen molar-refractivity contribution >= 4 is 39.1 Å². The van der Waals surface area contributed by atoms with Gasteiger partial charge < -0.3 is 16.0 Å². The van der Waals surface area contributed by atoms with Gasteiger partial charge in [0.2, 0.25) is 5.91 Å². The molecule has 2 rings (SSSR count). The van der Waals surface area contributed by atoms with Gasteiger partial charge in [-0.2, -0.15) is 0 Å². The van der Waals surface area contributed by atoms with E-state index in [2.05, 4.69) is 21.2 Å². The molecule has 1 aromatic heterocycles. The molecule has 1 unspecified atom stereocenters. The van der Waals surface area contributed by atoms with E-state index in [1.165, 1.54) is 16.2 Å². The van der Waals surface area contributed by atoms with Crippen molar-refractivity contribution in [1.29, 1.82) is 0 Å². The van der Waals surface area contributed by atoms with Crippen LogP contribution >= 0.6 is 27.3 Å². The zero-order valence-electron chi connectivity index (χ0n) is 11.3. The maximum atomic E-state index is 12.1. The molecule has 1 aliphatic carbocycles. The van der Waals surface area contributed by atoms with Crippen LogP contribution in [0.4, 0.5) is 0 Å². The zero-order valence-corrected chi connectivity index (χ0v) is 13.7. The predicted octanol–water partition coefficient (Wildman–Crippen LogP) is 1.44. The van der Waals surface area contributed by atoms with Crippen LogP contribution in [0.25, 0.3) is 0 Å². The number of rotatable bonds is 6. The van der Waals surface area contributed by atoms with Crippen molar-refractivity contribution in [3.8, 4) is 0 Å². The lowest BCUT2D eigenvalue weighted by molar-refractivity contribution is -0.121. The van der Waals surface area contributed by atoms with E-state index >= 15 is 0 Å². The van der Waals surface area contributed by atoms with Gasteiger partial charge in [-0.15, -0.1) is 11.3 Å². The summed E-state index contributed by atoms with van der Waals surface area (Å²) in [5.41, 5.74) is 5.91. The average Bonchev–Trinajstić information content (AvgIpc) is 3.17. The Hall–Kier alpha value is -0.920. The first-order valence-corrected chi connectivity index (χ1v) is 8.11. The number of hydrogen-bond donors (Lipinski definition) is 2. The largest absolute Gasteiger partial charge is 0.353 e. The topological polar surface area (TPSA) is 75.4 Å². The lowest BCUT2D eigenvalue weighted by atomic mass is 10.2. The molecule has 0 radical (unpaired) electrons. The average molecular weight is 360 g/mol. The third kappa shape index (κ3) is 4.29. The summed E-state index contributed by atoms with van der Waals surface area (Å²) in [6, 6.07) is 3.60. The van der Waals surface area contributed by atoms with Crippen molar-refractivity contribution in [3.05, 3.63) is 20.8 Å². The summed E-state index contributed by atoms with van der Waals surface area (Å²) in [5.74, 6) is 0.230. The molecule has 7 heteroatoms. The number of thiophene rings is 1. The van der Waals surface area contributed by atoms with E-state index in [0.717, 1.165) is 16.6 Å². The molecule has 1 aromatic rings. The third-order valence-corrected chi connectivity index (χ3v) is 4.89. The van der Waals surface area contributed by atoms with E-state index in [1.54, 1.807) is 13.1 Å². The molecule has 0 bridgehead atoms. The Kier molecular flexibility index (Phi) is 5.17. The highest BCUT2D eigenvalue weighted by molar-refractivity contribution is 9.11. The van der Waals surface area contributed by atoms with Crippen LogP contribution in [0.2, 0.25) is 0 Å². The summed E-state index contributed by atoms with van der Waals surface area (Å²) < 4.78 is 0.897. The van der Waals surface area contributed by atoms with Crippen LogP contribution in [-0.4, -0.2) is 42.9 Å². The number of carbonyl (C=O) groups excluding carboxylic acids is 2. The fourth-order valence-corrected chi connectivity index (χ4v) is 3.26. The zero-order chi connectivity index (χ0) is 14.7. The number of hydrogen-bond acceptors (Lipinski definition) is 4. The molecule has 0 spiro atoms. The van der Waals surface area contributed by atoms with Crippen LogP contribution in [0.1, 0.15) is 22.5 Å². The molecular formula is C13H18BrN3O2S. The van der Waals surface area contributed by atoms with E-state index in [-0.39, 0.29) is 24.4 Å². The highest BCUT2D eigenvalue weighted by Crippen LogP contribution is 2.31. The molecule has 110 valence electrons. The first kappa shape index (κ1) is 15.5. The Morgan fingerprint density at radius 2 is 2.25 bits per heavy atom. The molecule has 20 heavy (non-hydrogen) atoms. The maximum absolute atomic E-state index is 12.1. The van der Waals surface area contributed by atoms with Gasteiger partial charge >= 0.3 is 0 Å². The van der Waals surface area contributed by atoms with Gasteiger partial charge in [0.1, 0.15) is 0 Å². The van der Waals surface area contributed by atoms with E-state index in [9.17, 15) is 9.59 Å². The first-order chi connectivity index (χ1) is 9.47. The Morgan fingerprint density at radius 3 is 2.80 bits per heavy atom. The molecule has 1 aliphatic rings. The number of nitrogens with one attached hydrogen (secondary N) is 1. The third-order valence-electron chi connectivity index (χ3n) is 3.27. The molecule has 0 aliphatic heterocycles. The smallest absolute Gasteiger partial charge is 0.264 e. The highest BCUT2D eigenvalue weighted by Gasteiger charge is 2.28. The number of halogens is 1. The van der Waals surface area contributed by atoms with E-state index in [1.807, 2.05) is 6.07 Å². The van der Waals surface area contributed by atoms with Crippen molar-refractivity contribution < 1.29 is 9.59 Å². The Labute approximate surface area is 130 Å². The van der Waals surface area contributed by atoms with Crippen LogP contribution in [-0.2, 0) is 4.79 Å². The van der Waals surface area contributed by atoms with Gasteiger partial charge in [-0.25, -0.2) is 0 Å². The second-order valence-corrected chi connectivity index (χ2v) is 7.53. The van der Waals surface area contributed by atoms with Gasteiger partial charge in [-0.05, 0) is 46.8 Å². The Bertz CT molecular complexity index is 502. The van der Waals surface area contributed by atoms with E-state index < -0.39 is 0 Å². The number of nitrogens with two attached hydrogens (primary N) is 1. The minimum absolute atomic E-state index is 0.0354. The molecular weight excluding hydrogens is 342 g/mol. The fourth-order valence-electron chi connectivity index (χ4n) is 1.88. The van der Waals surface area contributed by atoms with E-state index in [4.69, 9.17) is 5.73 Å². The number of nitrogens with zero attached hydrogens (tertiary/aromatic N) is 1. The monoisotopic (exact) mass is 359 g/mol. The quantitative estimate of drug-likeness (QED) is 0.806. The van der Waals surface area contributed by atoms with Gasteiger partial charge in [0, 0.05) is 19.6 Å². The van der Waals surface area contributed by atoms with Crippen LogP contribution in [0.5, 0.6) is 0 Å². The van der Waals surface area contributed by atoms with Gasteiger partial charge in [-0.3, -0.25) is 9.59 Å². The van der Waals surface area contributed by atoms with Crippen molar-refractivity contribution in [3.63, 3.8) is 0 Å². The minimum Gasteiger partial charge on any atom is -0.353 e. The second kappa shape index (κ2) is 6.69. The SMILES string of the molecule is CN(CC(=O)NCC(N)C1CC1)C(=O)c1ccc(Br)s1. The number of amides is 2. The van der Waals surface area contributed by atoms with Gasteiger partial charge in [0.15, 0.2) is 0 Å². The summed E-state index contributed by atoms with van der Waals surface area (Å²) >= 11 is 4.67. The van der Waals surface area contributed by atoms with Crippen molar-refractivity contribution in [1.82, 2.24) is 10.2 Å². The molecule has 2 amide bonds. The molecule has 0 saturated heterocycles. The van der Waals surface area contributed by atoms with Crippen LogP contribution in [0.3, 0.4) is 0 Å². The number of likely N-dealkylation sites (N-methyl/N-ethyl adjacent to an activating group) is 1.